The number of benzene rings is 1. The van der Waals surface area contributed by atoms with E-state index in [0.717, 1.165) is 12.1 Å². The van der Waals surface area contributed by atoms with E-state index in [0.29, 0.717) is 0 Å². The molecule has 0 aliphatic heterocycles. The molecule has 0 aliphatic rings. The first-order chi connectivity index (χ1) is 6.43. The van der Waals surface area contributed by atoms with Crippen LogP contribution in [0.1, 0.15) is 0 Å². The number of nitro benzene ring substituents is 2. The fourth-order valence-electron chi connectivity index (χ4n) is 0.868. The largest absolute Gasteiger partial charge is 0.290 e. The van der Waals surface area contributed by atoms with Gasteiger partial charge in [0.25, 0.3) is 11.4 Å². The second-order valence-electron chi connectivity index (χ2n) is 2.35. The Morgan fingerprint density at radius 3 is 1.64 bits per heavy atom. The summed E-state index contributed by atoms with van der Waals surface area (Å²) >= 11 is 7.54. The van der Waals surface area contributed by atoms with Crippen LogP contribution >= 0.6 is 25.3 Å². The third kappa shape index (κ3) is 1.96. The van der Waals surface area contributed by atoms with Crippen molar-refractivity contribution in [3.63, 3.8) is 0 Å². The molecule has 0 radical (unpaired) electrons. The molecule has 0 aromatic heterocycles. The average Bonchev–Trinajstić information content (AvgIpc) is 2.07. The number of nitro groups is 2. The van der Waals surface area contributed by atoms with Gasteiger partial charge in [-0.15, -0.1) is 25.3 Å². The Bertz CT molecular complexity index is 385. The zero-order valence-corrected chi connectivity index (χ0v) is 8.37. The number of hydrogen-bond acceptors (Lipinski definition) is 6. The minimum Gasteiger partial charge on any atom is -0.258 e. The lowest BCUT2D eigenvalue weighted by atomic mass is 10.3. The summed E-state index contributed by atoms with van der Waals surface area (Å²) in [5.41, 5.74) is -0.847. The van der Waals surface area contributed by atoms with Gasteiger partial charge in [0.15, 0.2) is 4.90 Å². The van der Waals surface area contributed by atoms with Gasteiger partial charge in [0.2, 0.25) is 0 Å². The van der Waals surface area contributed by atoms with Gasteiger partial charge in [-0.3, -0.25) is 20.2 Å². The van der Waals surface area contributed by atoms with Crippen molar-refractivity contribution < 1.29 is 9.85 Å². The monoisotopic (exact) mass is 232 g/mol. The van der Waals surface area contributed by atoms with Crippen LogP contribution in [0.3, 0.4) is 0 Å². The van der Waals surface area contributed by atoms with Crippen molar-refractivity contribution in [3.8, 4) is 0 Å². The van der Waals surface area contributed by atoms with E-state index in [1.807, 2.05) is 0 Å². The SMILES string of the molecule is O=[N+]([O-])c1cc(S)cc([N+](=O)[O-])c1S. The molecule has 0 atom stereocenters. The summed E-state index contributed by atoms with van der Waals surface area (Å²) in [4.78, 5) is 19.3. The molecule has 8 heteroatoms. The van der Waals surface area contributed by atoms with Crippen molar-refractivity contribution in [1.29, 1.82) is 0 Å². The van der Waals surface area contributed by atoms with Crippen molar-refractivity contribution in [2.75, 3.05) is 0 Å². The second-order valence-corrected chi connectivity index (χ2v) is 3.31. The minimum atomic E-state index is -0.741. The predicted octanol–water partition coefficient (Wildman–Crippen LogP) is 2.08. The van der Waals surface area contributed by atoms with Crippen molar-refractivity contribution >= 4 is 36.6 Å². The smallest absolute Gasteiger partial charge is 0.258 e. The van der Waals surface area contributed by atoms with E-state index in [-0.39, 0.29) is 9.79 Å². The van der Waals surface area contributed by atoms with E-state index in [4.69, 9.17) is 0 Å². The molecule has 1 aromatic carbocycles. The second kappa shape index (κ2) is 3.84. The van der Waals surface area contributed by atoms with Gasteiger partial charge in [0.1, 0.15) is 0 Å². The molecular weight excluding hydrogens is 228 g/mol. The van der Waals surface area contributed by atoms with E-state index < -0.39 is 21.2 Å². The summed E-state index contributed by atoms with van der Waals surface area (Å²) < 4.78 is 0. The van der Waals surface area contributed by atoms with Gasteiger partial charge in [0.05, 0.1) is 9.85 Å². The fraction of sp³-hybridized carbons (Fsp3) is 0. The maximum absolute atomic E-state index is 10.4. The Morgan fingerprint density at radius 2 is 1.36 bits per heavy atom. The average molecular weight is 232 g/mol. The number of nitrogens with zero attached hydrogens (tertiary/aromatic N) is 2. The topological polar surface area (TPSA) is 86.3 Å². The van der Waals surface area contributed by atoms with Crippen LogP contribution in [-0.4, -0.2) is 9.85 Å². The lowest BCUT2D eigenvalue weighted by molar-refractivity contribution is -0.400. The molecule has 0 bridgehead atoms. The molecule has 0 amide bonds. The summed E-state index contributed by atoms with van der Waals surface area (Å²) in [7, 11) is 0. The van der Waals surface area contributed by atoms with E-state index in [1.165, 1.54) is 0 Å². The molecule has 0 spiro atoms. The van der Waals surface area contributed by atoms with Gasteiger partial charge >= 0.3 is 0 Å². The fourth-order valence-corrected chi connectivity index (χ4v) is 1.41. The third-order valence-electron chi connectivity index (χ3n) is 1.45. The van der Waals surface area contributed by atoms with Crippen LogP contribution in [0.15, 0.2) is 21.9 Å². The van der Waals surface area contributed by atoms with E-state index in [9.17, 15) is 20.2 Å². The zero-order valence-electron chi connectivity index (χ0n) is 6.58. The highest BCUT2D eigenvalue weighted by atomic mass is 32.1. The van der Waals surface area contributed by atoms with E-state index >= 15 is 0 Å². The van der Waals surface area contributed by atoms with E-state index in [2.05, 4.69) is 25.3 Å². The van der Waals surface area contributed by atoms with Gasteiger partial charge in [-0.2, -0.15) is 0 Å². The Kier molecular flexibility index (Phi) is 2.96. The van der Waals surface area contributed by atoms with Crippen LogP contribution in [0.5, 0.6) is 0 Å². The Labute approximate surface area is 89.0 Å². The van der Waals surface area contributed by atoms with Crippen LogP contribution < -0.4 is 0 Å². The molecule has 1 aromatic rings. The van der Waals surface area contributed by atoms with Crippen LogP contribution in [0.2, 0.25) is 0 Å². The highest BCUT2D eigenvalue weighted by Gasteiger charge is 2.23. The molecule has 14 heavy (non-hydrogen) atoms. The zero-order chi connectivity index (χ0) is 10.9. The number of rotatable bonds is 2. The first-order valence-electron chi connectivity index (χ1n) is 3.28. The molecule has 6 nitrogen and oxygen atoms in total. The Hall–Kier alpha value is -1.28. The first kappa shape index (κ1) is 10.8. The van der Waals surface area contributed by atoms with Crippen molar-refractivity contribution in [2.45, 2.75) is 9.79 Å². The van der Waals surface area contributed by atoms with Gasteiger partial charge in [-0.1, -0.05) is 0 Å². The van der Waals surface area contributed by atoms with Crippen LogP contribution in [0.25, 0.3) is 0 Å². The molecule has 1 rings (SSSR count). The molecule has 0 unspecified atom stereocenters. The Balaban J connectivity index is 3.47. The van der Waals surface area contributed by atoms with Gasteiger partial charge in [-0.25, -0.2) is 0 Å². The summed E-state index contributed by atoms with van der Waals surface area (Å²) in [5.74, 6) is 0. The number of thiol groups is 2. The standard InChI is InChI=1S/C6H4N2O4S2/c9-7(10)4-1-3(13)2-5(6(4)14)8(11)12/h1-2,13-14H. The molecule has 0 saturated carbocycles. The van der Waals surface area contributed by atoms with Crippen LogP contribution in [-0.2, 0) is 0 Å². The highest BCUT2D eigenvalue weighted by Crippen LogP contribution is 2.34. The molecule has 0 aliphatic carbocycles. The van der Waals surface area contributed by atoms with Gasteiger partial charge < -0.3 is 0 Å². The van der Waals surface area contributed by atoms with Crippen molar-refractivity contribution in [3.05, 3.63) is 32.4 Å². The molecular formula is C6H4N2O4S2. The van der Waals surface area contributed by atoms with Crippen molar-refractivity contribution in [1.82, 2.24) is 0 Å². The highest BCUT2D eigenvalue weighted by molar-refractivity contribution is 7.81. The lowest BCUT2D eigenvalue weighted by Gasteiger charge is -1.99. The van der Waals surface area contributed by atoms with Crippen molar-refractivity contribution in [2.24, 2.45) is 0 Å². The van der Waals surface area contributed by atoms with Crippen LogP contribution in [0.4, 0.5) is 11.4 Å². The maximum Gasteiger partial charge on any atom is 0.290 e. The van der Waals surface area contributed by atoms with Crippen LogP contribution in [0, 0.1) is 20.2 Å². The molecule has 0 fully saturated rings. The first-order valence-corrected chi connectivity index (χ1v) is 4.17. The summed E-state index contributed by atoms with van der Waals surface area (Å²) in [6.45, 7) is 0. The lowest BCUT2D eigenvalue weighted by Crippen LogP contribution is -1.95. The number of hydrogen-bond donors (Lipinski definition) is 2. The molecule has 0 heterocycles. The molecule has 0 N–H and O–H groups in total. The molecule has 74 valence electrons. The third-order valence-corrected chi connectivity index (χ3v) is 2.16. The van der Waals surface area contributed by atoms with Gasteiger partial charge in [-0.05, 0) is 0 Å². The predicted molar refractivity (Wildman–Crippen MR) is 54.3 cm³/mol. The summed E-state index contributed by atoms with van der Waals surface area (Å²) in [5, 5.41) is 20.9. The van der Waals surface area contributed by atoms with E-state index in [1.54, 1.807) is 0 Å². The summed E-state index contributed by atoms with van der Waals surface area (Å²) in [6.07, 6.45) is 0. The quantitative estimate of drug-likeness (QED) is 0.464. The maximum atomic E-state index is 10.4. The Morgan fingerprint density at radius 1 is 1.00 bits per heavy atom. The minimum absolute atomic E-state index is 0.154. The normalized spacial score (nSPS) is 9.86. The molecule has 0 saturated heterocycles. The van der Waals surface area contributed by atoms with Gasteiger partial charge in [0, 0.05) is 17.0 Å². The summed E-state index contributed by atoms with van der Waals surface area (Å²) in [6, 6.07) is 2.22.